The molecule has 7 nitrogen and oxygen atoms in total. The maximum Gasteiger partial charge on any atom is 0.254 e. The smallest absolute Gasteiger partial charge is 0.254 e. The predicted octanol–water partition coefficient (Wildman–Crippen LogP) is 6.71. The van der Waals surface area contributed by atoms with Crippen molar-refractivity contribution in [1.82, 2.24) is 5.32 Å². The van der Waals surface area contributed by atoms with Gasteiger partial charge in [0.1, 0.15) is 5.75 Å². The molecule has 3 aromatic carbocycles. The van der Waals surface area contributed by atoms with Gasteiger partial charge in [-0.25, -0.2) is 0 Å². The van der Waals surface area contributed by atoms with E-state index in [4.69, 9.17) is 27.9 Å². The molecule has 0 aliphatic carbocycles. The quantitative estimate of drug-likeness (QED) is 0.274. The van der Waals surface area contributed by atoms with Crippen molar-refractivity contribution in [2.24, 2.45) is 0 Å². The minimum atomic E-state index is -0.746. The maximum absolute atomic E-state index is 13.5. The third-order valence-electron chi connectivity index (χ3n) is 5.93. The molecule has 0 fully saturated rings. The van der Waals surface area contributed by atoms with Gasteiger partial charge in [0, 0.05) is 32.7 Å². The number of dihydropyridines is 1. The summed E-state index contributed by atoms with van der Waals surface area (Å²) in [6.07, 6.45) is 0. The zero-order valence-corrected chi connectivity index (χ0v) is 23.4. The number of nitrogens with one attached hydrogen (secondary N) is 3. The molecule has 0 saturated carbocycles. The van der Waals surface area contributed by atoms with Gasteiger partial charge in [-0.05, 0) is 67.1 Å². The number of halogens is 2. The second-order valence-corrected chi connectivity index (χ2v) is 10.3. The van der Waals surface area contributed by atoms with Crippen LogP contribution in [0.15, 0.2) is 94.7 Å². The van der Waals surface area contributed by atoms with E-state index in [1.54, 1.807) is 86.8 Å². The lowest BCUT2D eigenvalue weighted by Gasteiger charge is -2.30. The van der Waals surface area contributed by atoms with Crippen molar-refractivity contribution in [1.29, 1.82) is 5.26 Å². The van der Waals surface area contributed by atoms with Crippen molar-refractivity contribution in [2.75, 3.05) is 23.5 Å². The summed E-state index contributed by atoms with van der Waals surface area (Å²) in [5.74, 6) is -0.667. The van der Waals surface area contributed by atoms with Gasteiger partial charge >= 0.3 is 0 Å². The Morgan fingerprint density at radius 1 is 1.00 bits per heavy atom. The van der Waals surface area contributed by atoms with Crippen LogP contribution < -0.4 is 20.7 Å². The Hall–Kier alpha value is -3.90. The van der Waals surface area contributed by atoms with Crippen molar-refractivity contribution in [3.63, 3.8) is 0 Å². The molecule has 0 saturated heterocycles. The van der Waals surface area contributed by atoms with Crippen molar-refractivity contribution < 1.29 is 14.3 Å². The molecule has 3 N–H and O–H groups in total. The number of benzene rings is 3. The fourth-order valence-electron chi connectivity index (χ4n) is 4.09. The number of carbonyl (C=O) groups is 2. The molecule has 0 spiro atoms. The fourth-order valence-corrected chi connectivity index (χ4v) is 5.35. The fraction of sp³-hybridized carbons (Fsp3) is 0.138. The largest absolute Gasteiger partial charge is 0.497 e. The summed E-state index contributed by atoms with van der Waals surface area (Å²) in [6.45, 7) is 1.76. The molecule has 3 aromatic rings. The number of hydrogen-bond acceptors (Lipinski definition) is 6. The zero-order valence-electron chi connectivity index (χ0n) is 21.0. The Bertz CT molecular complexity index is 1500. The van der Waals surface area contributed by atoms with Crippen LogP contribution in [0.25, 0.3) is 0 Å². The molecular weight excluding hydrogens is 555 g/mol. The van der Waals surface area contributed by atoms with E-state index in [-0.39, 0.29) is 23.1 Å². The SMILES string of the molecule is COc1ccc(NC(=O)CSC2=C(C#N)C(c3ccccc3Cl)C(C(=O)Nc3ccc(Cl)cc3)=C(C)N2)cc1. The lowest BCUT2D eigenvalue weighted by molar-refractivity contribution is -0.114. The van der Waals surface area contributed by atoms with Crippen LogP contribution in [0, 0.1) is 11.3 Å². The molecular formula is C29H24Cl2N4O3S. The number of rotatable bonds is 8. The Balaban J connectivity index is 1.61. The van der Waals surface area contributed by atoms with Crippen LogP contribution in [0.3, 0.4) is 0 Å². The number of nitriles is 1. The van der Waals surface area contributed by atoms with Crippen LogP contribution in [0.2, 0.25) is 10.0 Å². The van der Waals surface area contributed by atoms with E-state index in [2.05, 4.69) is 22.0 Å². The highest BCUT2D eigenvalue weighted by Crippen LogP contribution is 2.43. The highest BCUT2D eigenvalue weighted by atomic mass is 35.5. The normalized spacial score (nSPS) is 14.8. The number of methoxy groups -OCH3 is 1. The molecule has 0 aromatic heterocycles. The summed E-state index contributed by atoms with van der Waals surface area (Å²) < 4.78 is 5.14. The van der Waals surface area contributed by atoms with Gasteiger partial charge in [0.15, 0.2) is 0 Å². The second-order valence-electron chi connectivity index (χ2n) is 8.50. The van der Waals surface area contributed by atoms with E-state index in [9.17, 15) is 14.9 Å². The molecule has 4 rings (SSSR count). The van der Waals surface area contributed by atoms with Gasteiger partial charge in [-0.3, -0.25) is 9.59 Å². The summed E-state index contributed by atoms with van der Waals surface area (Å²) >= 11 is 13.7. The van der Waals surface area contributed by atoms with Crippen molar-refractivity contribution in [3.05, 3.63) is 110 Å². The summed E-state index contributed by atoms with van der Waals surface area (Å²) in [5.41, 5.74) is 2.97. The molecule has 39 heavy (non-hydrogen) atoms. The van der Waals surface area contributed by atoms with E-state index in [1.807, 2.05) is 0 Å². The molecule has 1 atom stereocenters. The average Bonchev–Trinajstić information content (AvgIpc) is 2.93. The van der Waals surface area contributed by atoms with E-state index in [1.165, 1.54) is 11.8 Å². The number of allylic oxidation sites excluding steroid dienone is 2. The molecule has 198 valence electrons. The van der Waals surface area contributed by atoms with Crippen molar-refractivity contribution in [2.45, 2.75) is 12.8 Å². The summed E-state index contributed by atoms with van der Waals surface area (Å²) in [4.78, 5) is 26.2. The van der Waals surface area contributed by atoms with E-state index in [0.717, 1.165) is 0 Å². The monoisotopic (exact) mass is 578 g/mol. The Morgan fingerprint density at radius 2 is 1.64 bits per heavy atom. The topological polar surface area (TPSA) is 103 Å². The first-order valence-corrected chi connectivity index (χ1v) is 13.5. The standard InChI is InChI=1S/C29H24Cl2N4O3S/c1-17-26(28(37)35-20-9-7-18(30)8-10-20)27(22-5-3-4-6-24(22)31)23(15-32)29(33-17)39-16-25(36)34-19-11-13-21(38-2)14-12-19/h3-14,27,33H,16H2,1-2H3,(H,34,36)(H,35,37). The molecule has 1 aliphatic rings. The van der Waals surface area contributed by atoms with Crippen LogP contribution in [0.1, 0.15) is 18.4 Å². The van der Waals surface area contributed by atoms with Gasteiger partial charge in [0.05, 0.1) is 35.5 Å². The maximum atomic E-state index is 13.5. The molecule has 2 amide bonds. The van der Waals surface area contributed by atoms with Gasteiger partial charge < -0.3 is 20.7 Å². The highest BCUT2D eigenvalue weighted by molar-refractivity contribution is 8.03. The lowest BCUT2D eigenvalue weighted by atomic mass is 9.82. The van der Waals surface area contributed by atoms with Gasteiger partial charge in [-0.1, -0.05) is 53.2 Å². The van der Waals surface area contributed by atoms with Crippen LogP contribution in [0.5, 0.6) is 5.75 Å². The number of ether oxygens (including phenoxy) is 1. The molecule has 1 aliphatic heterocycles. The van der Waals surface area contributed by atoms with Gasteiger partial charge in [0.2, 0.25) is 5.91 Å². The van der Waals surface area contributed by atoms with Crippen LogP contribution in [-0.4, -0.2) is 24.7 Å². The zero-order chi connectivity index (χ0) is 27.9. The minimum absolute atomic E-state index is 0.0361. The van der Waals surface area contributed by atoms with Crippen molar-refractivity contribution >= 4 is 58.2 Å². The molecule has 0 bridgehead atoms. The number of amides is 2. The van der Waals surface area contributed by atoms with Crippen LogP contribution in [0.4, 0.5) is 11.4 Å². The van der Waals surface area contributed by atoms with E-state index in [0.29, 0.717) is 49.0 Å². The summed E-state index contributed by atoms with van der Waals surface area (Å²) in [5, 5.41) is 20.6. The summed E-state index contributed by atoms with van der Waals surface area (Å²) in [7, 11) is 1.57. The second kappa shape index (κ2) is 12.8. The first-order chi connectivity index (χ1) is 18.8. The third kappa shape index (κ3) is 6.76. The highest BCUT2D eigenvalue weighted by Gasteiger charge is 2.36. The number of nitrogens with zero attached hydrogens (tertiary/aromatic N) is 1. The number of hydrogen-bond donors (Lipinski definition) is 3. The summed E-state index contributed by atoms with van der Waals surface area (Å²) in [6, 6.07) is 23.1. The van der Waals surface area contributed by atoms with Crippen molar-refractivity contribution in [3.8, 4) is 11.8 Å². The Labute approximate surface area is 240 Å². The van der Waals surface area contributed by atoms with E-state index >= 15 is 0 Å². The minimum Gasteiger partial charge on any atom is -0.497 e. The third-order valence-corrected chi connectivity index (χ3v) is 7.55. The van der Waals surface area contributed by atoms with Crippen LogP contribution >= 0.6 is 35.0 Å². The molecule has 1 unspecified atom stereocenters. The van der Waals surface area contributed by atoms with E-state index < -0.39 is 5.92 Å². The first-order valence-electron chi connectivity index (χ1n) is 11.8. The molecule has 10 heteroatoms. The van der Waals surface area contributed by atoms with Gasteiger partial charge in [0.25, 0.3) is 5.91 Å². The molecule has 0 radical (unpaired) electrons. The average molecular weight is 580 g/mol. The number of anilines is 2. The van der Waals surface area contributed by atoms with Crippen LogP contribution in [-0.2, 0) is 9.59 Å². The number of carbonyl (C=O) groups excluding carboxylic acids is 2. The van der Waals surface area contributed by atoms with Gasteiger partial charge in [-0.15, -0.1) is 0 Å². The number of thioether (sulfide) groups is 1. The Kier molecular flexibility index (Phi) is 9.20. The predicted molar refractivity (Wildman–Crippen MR) is 157 cm³/mol. The first kappa shape index (κ1) is 28.1. The van der Waals surface area contributed by atoms with Gasteiger partial charge in [-0.2, -0.15) is 5.26 Å². The Morgan fingerprint density at radius 3 is 2.28 bits per heavy atom. The molecule has 1 heterocycles. The lowest BCUT2D eigenvalue weighted by Crippen LogP contribution is -2.31.